The number of halogens is 2. The smallest absolute Gasteiger partial charge is 0.191 e. The second kappa shape index (κ2) is 12.1. The van der Waals surface area contributed by atoms with Crippen molar-refractivity contribution in [3.63, 3.8) is 0 Å². The first-order chi connectivity index (χ1) is 13.3. The van der Waals surface area contributed by atoms with Crippen LogP contribution in [0.1, 0.15) is 37.1 Å². The molecule has 5 nitrogen and oxygen atoms in total. The van der Waals surface area contributed by atoms with Gasteiger partial charge in [0.2, 0.25) is 0 Å². The summed E-state index contributed by atoms with van der Waals surface area (Å²) in [6.07, 6.45) is 5.01. The van der Waals surface area contributed by atoms with Crippen molar-refractivity contribution in [1.82, 2.24) is 15.5 Å². The minimum atomic E-state index is -0.201. The van der Waals surface area contributed by atoms with Crippen LogP contribution in [0.15, 0.2) is 52.1 Å². The van der Waals surface area contributed by atoms with Crippen molar-refractivity contribution in [2.24, 2.45) is 4.99 Å². The lowest BCUT2D eigenvalue weighted by Crippen LogP contribution is -2.39. The van der Waals surface area contributed by atoms with Gasteiger partial charge in [0.1, 0.15) is 11.6 Å². The van der Waals surface area contributed by atoms with E-state index in [0.717, 1.165) is 49.9 Å². The fourth-order valence-corrected chi connectivity index (χ4v) is 3.42. The molecule has 1 aliphatic heterocycles. The molecule has 0 amide bonds. The summed E-state index contributed by atoms with van der Waals surface area (Å²) in [6, 6.07) is 10.8. The van der Waals surface area contributed by atoms with E-state index in [-0.39, 0.29) is 35.8 Å². The Hall–Kier alpha value is -1.61. The molecule has 0 bridgehead atoms. The Morgan fingerprint density at radius 2 is 1.93 bits per heavy atom. The Balaban J connectivity index is 0.00000280. The van der Waals surface area contributed by atoms with Crippen molar-refractivity contribution in [3.8, 4) is 0 Å². The number of rotatable bonds is 8. The van der Waals surface area contributed by atoms with E-state index in [4.69, 9.17) is 9.41 Å². The third-order valence-corrected chi connectivity index (χ3v) is 4.84. The third kappa shape index (κ3) is 6.77. The van der Waals surface area contributed by atoms with Crippen molar-refractivity contribution in [2.45, 2.75) is 32.2 Å². The van der Waals surface area contributed by atoms with E-state index in [2.05, 4.69) is 22.5 Å². The zero-order valence-electron chi connectivity index (χ0n) is 16.4. The van der Waals surface area contributed by atoms with Gasteiger partial charge in [-0.05, 0) is 69.1 Å². The molecule has 1 saturated heterocycles. The van der Waals surface area contributed by atoms with Crippen LogP contribution in [0.2, 0.25) is 0 Å². The molecule has 0 spiro atoms. The van der Waals surface area contributed by atoms with Crippen LogP contribution >= 0.6 is 24.0 Å². The van der Waals surface area contributed by atoms with E-state index in [1.54, 1.807) is 6.26 Å². The Morgan fingerprint density at radius 1 is 1.18 bits per heavy atom. The maximum absolute atomic E-state index is 13.0. The molecule has 154 valence electrons. The standard InChI is InChI=1S/C21H29FN4O.HI/c1-2-23-21(24-12-11-17-7-9-18(22)10-8-17)25-16-19(20-6-5-15-27-20)26-13-3-4-14-26;/h5-10,15,19H,2-4,11-14,16H2,1H3,(H2,23,24,25);1H. The van der Waals surface area contributed by atoms with Crippen molar-refractivity contribution >= 4 is 29.9 Å². The molecule has 1 unspecified atom stereocenters. The molecule has 0 radical (unpaired) electrons. The lowest BCUT2D eigenvalue weighted by molar-refractivity contribution is 0.221. The topological polar surface area (TPSA) is 52.8 Å². The van der Waals surface area contributed by atoms with Crippen LogP contribution < -0.4 is 10.6 Å². The minimum Gasteiger partial charge on any atom is -0.468 e. The minimum absolute atomic E-state index is 0. The predicted octanol–water partition coefficient (Wildman–Crippen LogP) is 3.97. The Kier molecular flexibility index (Phi) is 9.77. The second-order valence-electron chi connectivity index (χ2n) is 6.80. The van der Waals surface area contributed by atoms with Crippen LogP contribution in [0, 0.1) is 5.82 Å². The monoisotopic (exact) mass is 500 g/mol. The highest BCUT2D eigenvalue weighted by Gasteiger charge is 2.25. The lowest BCUT2D eigenvalue weighted by atomic mass is 10.1. The number of nitrogens with zero attached hydrogens (tertiary/aromatic N) is 2. The Bertz CT molecular complexity index is 700. The second-order valence-corrected chi connectivity index (χ2v) is 6.80. The number of hydrogen-bond acceptors (Lipinski definition) is 3. The van der Waals surface area contributed by atoms with Crippen LogP contribution in [-0.2, 0) is 6.42 Å². The maximum Gasteiger partial charge on any atom is 0.191 e. The first kappa shape index (κ1) is 22.7. The number of hydrogen-bond donors (Lipinski definition) is 2. The summed E-state index contributed by atoms with van der Waals surface area (Å²) < 4.78 is 18.7. The summed E-state index contributed by atoms with van der Waals surface area (Å²) in [5.41, 5.74) is 1.10. The lowest BCUT2D eigenvalue weighted by Gasteiger charge is -2.24. The number of benzene rings is 1. The molecule has 2 heterocycles. The van der Waals surface area contributed by atoms with Gasteiger partial charge in [-0.25, -0.2) is 4.39 Å². The zero-order chi connectivity index (χ0) is 18.9. The van der Waals surface area contributed by atoms with Gasteiger partial charge in [0.15, 0.2) is 5.96 Å². The SMILES string of the molecule is CCNC(=NCC(c1ccco1)N1CCCC1)NCCc1ccc(F)cc1.I. The molecule has 1 aromatic carbocycles. The summed E-state index contributed by atoms with van der Waals surface area (Å²) in [4.78, 5) is 7.24. The van der Waals surface area contributed by atoms with Crippen molar-refractivity contribution in [1.29, 1.82) is 0 Å². The average Bonchev–Trinajstić information content (AvgIpc) is 3.38. The third-order valence-electron chi connectivity index (χ3n) is 4.84. The van der Waals surface area contributed by atoms with Gasteiger partial charge >= 0.3 is 0 Å². The zero-order valence-corrected chi connectivity index (χ0v) is 18.7. The first-order valence-corrected chi connectivity index (χ1v) is 9.80. The fourth-order valence-electron chi connectivity index (χ4n) is 3.42. The van der Waals surface area contributed by atoms with Gasteiger partial charge < -0.3 is 15.1 Å². The van der Waals surface area contributed by atoms with Gasteiger partial charge in [0.25, 0.3) is 0 Å². The van der Waals surface area contributed by atoms with Crippen LogP contribution in [0.3, 0.4) is 0 Å². The van der Waals surface area contributed by atoms with Crippen molar-refractivity contribution < 1.29 is 8.81 Å². The van der Waals surface area contributed by atoms with E-state index < -0.39 is 0 Å². The van der Waals surface area contributed by atoms with Crippen LogP contribution in [-0.4, -0.2) is 43.6 Å². The van der Waals surface area contributed by atoms with Crippen LogP contribution in [0.4, 0.5) is 4.39 Å². The van der Waals surface area contributed by atoms with Gasteiger partial charge in [0.05, 0.1) is 18.8 Å². The van der Waals surface area contributed by atoms with E-state index in [0.29, 0.717) is 6.54 Å². The molecule has 2 N–H and O–H groups in total. The largest absolute Gasteiger partial charge is 0.468 e. The predicted molar refractivity (Wildman–Crippen MR) is 122 cm³/mol. The van der Waals surface area contributed by atoms with E-state index in [9.17, 15) is 4.39 Å². The molecule has 1 atom stereocenters. The molecule has 0 aliphatic carbocycles. The number of nitrogens with one attached hydrogen (secondary N) is 2. The van der Waals surface area contributed by atoms with E-state index in [1.807, 2.05) is 24.3 Å². The summed E-state index contributed by atoms with van der Waals surface area (Å²) in [7, 11) is 0. The molecule has 1 aromatic heterocycles. The van der Waals surface area contributed by atoms with Gasteiger partial charge in [-0.1, -0.05) is 12.1 Å². The Labute approximate surface area is 183 Å². The highest BCUT2D eigenvalue weighted by atomic mass is 127. The molecule has 7 heteroatoms. The summed E-state index contributed by atoms with van der Waals surface area (Å²) in [5, 5.41) is 6.67. The fraction of sp³-hybridized carbons (Fsp3) is 0.476. The van der Waals surface area contributed by atoms with Gasteiger partial charge in [0, 0.05) is 13.1 Å². The molecular formula is C21H30FIN4O. The van der Waals surface area contributed by atoms with Gasteiger partial charge in [-0.3, -0.25) is 9.89 Å². The average molecular weight is 500 g/mol. The molecule has 1 aliphatic rings. The normalized spacial score (nSPS) is 15.9. The molecule has 2 aromatic rings. The van der Waals surface area contributed by atoms with E-state index in [1.165, 1.54) is 25.0 Å². The van der Waals surface area contributed by atoms with Crippen LogP contribution in [0.25, 0.3) is 0 Å². The highest BCUT2D eigenvalue weighted by Crippen LogP contribution is 2.25. The molecular weight excluding hydrogens is 470 g/mol. The molecule has 1 fully saturated rings. The number of furan rings is 1. The summed E-state index contributed by atoms with van der Waals surface area (Å²) in [6.45, 7) is 6.44. The molecule has 3 rings (SSSR count). The van der Waals surface area contributed by atoms with Gasteiger partial charge in [-0.15, -0.1) is 24.0 Å². The number of aliphatic imine (C=N–C) groups is 1. The molecule has 28 heavy (non-hydrogen) atoms. The molecule has 0 saturated carbocycles. The summed E-state index contributed by atoms with van der Waals surface area (Å²) >= 11 is 0. The number of likely N-dealkylation sites (tertiary alicyclic amines) is 1. The highest BCUT2D eigenvalue weighted by molar-refractivity contribution is 14.0. The van der Waals surface area contributed by atoms with E-state index >= 15 is 0 Å². The Morgan fingerprint density at radius 3 is 2.57 bits per heavy atom. The van der Waals surface area contributed by atoms with Gasteiger partial charge in [-0.2, -0.15) is 0 Å². The number of guanidine groups is 1. The summed E-state index contributed by atoms with van der Waals surface area (Å²) in [5.74, 6) is 1.57. The van der Waals surface area contributed by atoms with Crippen LogP contribution in [0.5, 0.6) is 0 Å². The maximum atomic E-state index is 13.0. The quantitative estimate of drug-likeness (QED) is 0.327. The van der Waals surface area contributed by atoms with Crippen molar-refractivity contribution in [3.05, 3.63) is 59.8 Å². The first-order valence-electron chi connectivity index (χ1n) is 9.80. The van der Waals surface area contributed by atoms with Crippen molar-refractivity contribution in [2.75, 3.05) is 32.7 Å².